The van der Waals surface area contributed by atoms with Crippen LogP contribution in [0.25, 0.3) is 11.1 Å². The van der Waals surface area contributed by atoms with Gasteiger partial charge in [0.25, 0.3) is 0 Å². The Kier molecular flexibility index (Phi) is 4.66. The van der Waals surface area contributed by atoms with E-state index in [1.165, 1.54) is 12.1 Å². The SMILES string of the molecule is CCOc1cc(F)cc(-c2cc(Cl)ccc2C(C)C)c1. The summed E-state index contributed by atoms with van der Waals surface area (Å²) in [7, 11) is 0. The third-order valence-corrected chi connectivity index (χ3v) is 3.37. The third-order valence-electron chi connectivity index (χ3n) is 3.13. The molecule has 0 aliphatic rings. The molecule has 0 atom stereocenters. The first-order valence-corrected chi connectivity index (χ1v) is 7.12. The van der Waals surface area contributed by atoms with Crippen molar-refractivity contribution < 1.29 is 9.13 Å². The van der Waals surface area contributed by atoms with E-state index in [-0.39, 0.29) is 5.82 Å². The molecule has 2 aromatic rings. The van der Waals surface area contributed by atoms with Crippen molar-refractivity contribution in [2.24, 2.45) is 0 Å². The number of benzene rings is 2. The number of rotatable bonds is 4. The Morgan fingerprint density at radius 2 is 1.90 bits per heavy atom. The molecule has 0 saturated carbocycles. The van der Waals surface area contributed by atoms with Crippen LogP contribution in [0.2, 0.25) is 5.02 Å². The van der Waals surface area contributed by atoms with Crippen LogP contribution in [0, 0.1) is 5.82 Å². The van der Waals surface area contributed by atoms with Crippen molar-refractivity contribution in [3.05, 3.63) is 52.8 Å². The average Bonchev–Trinajstić information content (AvgIpc) is 2.38. The van der Waals surface area contributed by atoms with Crippen LogP contribution < -0.4 is 4.74 Å². The quantitative estimate of drug-likeness (QED) is 0.705. The normalized spacial score (nSPS) is 10.9. The second-order valence-corrected chi connectivity index (χ2v) is 5.43. The van der Waals surface area contributed by atoms with Gasteiger partial charge < -0.3 is 4.74 Å². The van der Waals surface area contributed by atoms with Gasteiger partial charge in [-0.05, 0) is 53.8 Å². The van der Waals surface area contributed by atoms with Crippen molar-refractivity contribution in [1.29, 1.82) is 0 Å². The number of hydrogen-bond acceptors (Lipinski definition) is 1. The molecule has 106 valence electrons. The Morgan fingerprint density at radius 1 is 1.15 bits per heavy atom. The van der Waals surface area contributed by atoms with Gasteiger partial charge in [-0.1, -0.05) is 31.5 Å². The lowest BCUT2D eigenvalue weighted by Crippen LogP contribution is -1.96. The second kappa shape index (κ2) is 6.27. The van der Waals surface area contributed by atoms with Gasteiger partial charge >= 0.3 is 0 Å². The molecule has 0 spiro atoms. The van der Waals surface area contributed by atoms with E-state index in [2.05, 4.69) is 13.8 Å². The molecule has 0 aliphatic heterocycles. The van der Waals surface area contributed by atoms with Gasteiger partial charge in [-0.2, -0.15) is 0 Å². The van der Waals surface area contributed by atoms with Crippen molar-refractivity contribution >= 4 is 11.6 Å². The van der Waals surface area contributed by atoms with Gasteiger partial charge in [0.15, 0.2) is 0 Å². The van der Waals surface area contributed by atoms with Crippen LogP contribution in [-0.4, -0.2) is 6.61 Å². The fourth-order valence-corrected chi connectivity index (χ4v) is 2.42. The Labute approximate surface area is 124 Å². The standard InChI is InChI=1S/C17H18ClFO/c1-4-20-15-8-12(7-14(19)10-15)17-9-13(18)5-6-16(17)11(2)3/h5-11H,4H2,1-3H3. The van der Waals surface area contributed by atoms with Crippen molar-refractivity contribution in [2.75, 3.05) is 6.61 Å². The highest BCUT2D eigenvalue weighted by Crippen LogP contribution is 2.34. The highest BCUT2D eigenvalue weighted by Gasteiger charge is 2.11. The maximum Gasteiger partial charge on any atom is 0.127 e. The molecule has 0 amide bonds. The lowest BCUT2D eigenvalue weighted by atomic mass is 9.92. The molecule has 0 saturated heterocycles. The number of hydrogen-bond donors (Lipinski definition) is 0. The van der Waals surface area contributed by atoms with Crippen LogP contribution in [0.4, 0.5) is 4.39 Å². The first kappa shape index (κ1) is 14.9. The molecular weight excluding hydrogens is 275 g/mol. The molecule has 20 heavy (non-hydrogen) atoms. The Balaban J connectivity index is 2.58. The topological polar surface area (TPSA) is 9.23 Å². The van der Waals surface area contributed by atoms with Crippen LogP contribution in [0.15, 0.2) is 36.4 Å². The minimum atomic E-state index is -0.305. The number of halogens is 2. The monoisotopic (exact) mass is 292 g/mol. The van der Waals surface area contributed by atoms with Crippen LogP contribution in [0.5, 0.6) is 5.75 Å². The summed E-state index contributed by atoms with van der Waals surface area (Å²) >= 11 is 6.09. The fraction of sp³-hybridized carbons (Fsp3) is 0.294. The zero-order valence-corrected chi connectivity index (χ0v) is 12.7. The van der Waals surface area contributed by atoms with Crippen LogP contribution >= 0.6 is 11.6 Å². The van der Waals surface area contributed by atoms with E-state index in [1.54, 1.807) is 0 Å². The zero-order chi connectivity index (χ0) is 14.7. The van der Waals surface area contributed by atoms with E-state index in [1.807, 2.05) is 31.2 Å². The van der Waals surface area contributed by atoms with E-state index >= 15 is 0 Å². The summed E-state index contributed by atoms with van der Waals surface area (Å²) in [6, 6.07) is 10.5. The Bertz CT molecular complexity index is 608. The predicted octanol–water partition coefficient (Wildman–Crippen LogP) is 5.67. The molecule has 0 fully saturated rings. The highest BCUT2D eigenvalue weighted by molar-refractivity contribution is 6.30. The van der Waals surface area contributed by atoms with Gasteiger partial charge in [-0.3, -0.25) is 0 Å². The minimum Gasteiger partial charge on any atom is -0.494 e. The van der Waals surface area contributed by atoms with E-state index < -0.39 is 0 Å². The molecule has 0 aliphatic carbocycles. The molecule has 0 aromatic heterocycles. The third kappa shape index (κ3) is 3.31. The van der Waals surface area contributed by atoms with Gasteiger partial charge in [0.05, 0.1) is 6.61 Å². The molecule has 2 aromatic carbocycles. The van der Waals surface area contributed by atoms with Crippen LogP contribution in [0.3, 0.4) is 0 Å². The Morgan fingerprint density at radius 3 is 2.55 bits per heavy atom. The molecule has 0 radical (unpaired) electrons. The van der Waals surface area contributed by atoms with Crippen molar-refractivity contribution in [3.8, 4) is 16.9 Å². The van der Waals surface area contributed by atoms with Crippen LogP contribution in [-0.2, 0) is 0 Å². The minimum absolute atomic E-state index is 0.305. The van der Waals surface area contributed by atoms with Crippen molar-refractivity contribution in [2.45, 2.75) is 26.7 Å². The van der Waals surface area contributed by atoms with Gasteiger partial charge in [-0.25, -0.2) is 4.39 Å². The maximum atomic E-state index is 13.8. The van der Waals surface area contributed by atoms with E-state index in [9.17, 15) is 4.39 Å². The summed E-state index contributed by atoms with van der Waals surface area (Å²) in [6.07, 6.45) is 0. The van der Waals surface area contributed by atoms with Gasteiger partial charge in [0.2, 0.25) is 0 Å². The van der Waals surface area contributed by atoms with Gasteiger partial charge in [0.1, 0.15) is 11.6 Å². The Hall–Kier alpha value is -1.54. The largest absolute Gasteiger partial charge is 0.494 e. The summed E-state index contributed by atoms with van der Waals surface area (Å²) in [6.45, 7) is 6.60. The summed E-state index contributed by atoms with van der Waals surface area (Å²) in [5.74, 6) is 0.568. The summed E-state index contributed by atoms with van der Waals surface area (Å²) in [5.41, 5.74) is 2.88. The van der Waals surface area contributed by atoms with Gasteiger partial charge in [-0.15, -0.1) is 0 Å². The molecule has 0 unspecified atom stereocenters. The lowest BCUT2D eigenvalue weighted by Gasteiger charge is -2.14. The van der Waals surface area contributed by atoms with Crippen LogP contribution in [0.1, 0.15) is 32.3 Å². The zero-order valence-electron chi connectivity index (χ0n) is 11.9. The summed E-state index contributed by atoms with van der Waals surface area (Å²) in [5, 5.41) is 0.645. The predicted molar refractivity (Wildman–Crippen MR) is 82.1 cm³/mol. The first-order valence-electron chi connectivity index (χ1n) is 6.74. The molecule has 0 bridgehead atoms. The highest BCUT2D eigenvalue weighted by atomic mass is 35.5. The summed E-state index contributed by atoms with van der Waals surface area (Å²) in [4.78, 5) is 0. The fourth-order valence-electron chi connectivity index (χ4n) is 2.25. The molecule has 0 heterocycles. The van der Waals surface area contributed by atoms with E-state index in [0.717, 1.165) is 16.7 Å². The second-order valence-electron chi connectivity index (χ2n) is 4.99. The number of ether oxygens (including phenoxy) is 1. The first-order chi connectivity index (χ1) is 9.51. The van der Waals surface area contributed by atoms with E-state index in [4.69, 9.17) is 16.3 Å². The molecule has 2 rings (SSSR count). The van der Waals surface area contributed by atoms with Gasteiger partial charge in [0, 0.05) is 11.1 Å². The van der Waals surface area contributed by atoms with E-state index in [0.29, 0.717) is 23.3 Å². The molecule has 1 nitrogen and oxygen atoms in total. The maximum absolute atomic E-state index is 13.8. The average molecular weight is 293 g/mol. The molecular formula is C17H18ClFO. The molecule has 3 heteroatoms. The lowest BCUT2D eigenvalue weighted by molar-refractivity contribution is 0.338. The summed E-state index contributed by atoms with van der Waals surface area (Å²) < 4.78 is 19.2. The molecule has 0 N–H and O–H groups in total. The van der Waals surface area contributed by atoms with Crippen molar-refractivity contribution in [3.63, 3.8) is 0 Å². The smallest absolute Gasteiger partial charge is 0.127 e. The van der Waals surface area contributed by atoms with Crippen molar-refractivity contribution in [1.82, 2.24) is 0 Å².